The van der Waals surface area contributed by atoms with E-state index in [1.54, 1.807) is 19.1 Å². The van der Waals surface area contributed by atoms with Crippen LogP contribution in [0.1, 0.15) is 42.3 Å². The summed E-state index contributed by atoms with van der Waals surface area (Å²) < 4.78 is 26.6. The molecule has 0 bridgehead atoms. The maximum Gasteiger partial charge on any atom is 0.251 e. The Labute approximate surface area is 168 Å². The summed E-state index contributed by atoms with van der Waals surface area (Å²) in [5.74, 6) is -0.305. The Kier molecular flexibility index (Phi) is 8.17. The van der Waals surface area contributed by atoms with Crippen molar-refractivity contribution in [1.29, 1.82) is 0 Å². The van der Waals surface area contributed by atoms with E-state index in [4.69, 9.17) is 0 Å². The molecule has 0 unspecified atom stereocenters. The molecule has 0 fully saturated rings. The van der Waals surface area contributed by atoms with Gasteiger partial charge in [-0.3, -0.25) is 9.69 Å². The maximum atomic E-state index is 12.4. The first-order valence-corrected chi connectivity index (χ1v) is 11.1. The first-order chi connectivity index (χ1) is 13.4. The van der Waals surface area contributed by atoms with Gasteiger partial charge in [-0.1, -0.05) is 51.1 Å². The van der Waals surface area contributed by atoms with E-state index in [2.05, 4.69) is 40.9 Å². The van der Waals surface area contributed by atoms with Crippen molar-refractivity contribution >= 4 is 15.9 Å². The van der Waals surface area contributed by atoms with Crippen LogP contribution in [0, 0.1) is 0 Å². The smallest absolute Gasteiger partial charge is 0.251 e. The maximum absolute atomic E-state index is 12.4. The van der Waals surface area contributed by atoms with E-state index >= 15 is 0 Å². The van der Waals surface area contributed by atoms with Gasteiger partial charge in [0.25, 0.3) is 5.91 Å². The zero-order chi connectivity index (χ0) is 20.6. The minimum Gasteiger partial charge on any atom is -0.348 e. The lowest BCUT2D eigenvalue weighted by Crippen LogP contribution is -2.25. The molecule has 7 heteroatoms. The summed E-state index contributed by atoms with van der Waals surface area (Å²) in [6.45, 7) is 9.61. The molecule has 0 aliphatic heterocycles. The first-order valence-electron chi connectivity index (χ1n) is 9.57. The lowest BCUT2D eigenvalue weighted by atomic mass is 10.1. The van der Waals surface area contributed by atoms with Crippen LogP contribution in [0.2, 0.25) is 0 Å². The molecule has 0 heterocycles. The van der Waals surface area contributed by atoms with Crippen LogP contribution in [0.15, 0.2) is 53.4 Å². The fourth-order valence-electron chi connectivity index (χ4n) is 2.83. The Balaban J connectivity index is 1.99. The van der Waals surface area contributed by atoms with Gasteiger partial charge in [-0.05, 0) is 42.4 Å². The van der Waals surface area contributed by atoms with Crippen molar-refractivity contribution in [3.05, 3.63) is 65.2 Å². The van der Waals surface area contributed by atoms with Crippen molar-refractivity contribution < 1.29 is 13.2 Å². The molecule has 0 radical (unpaired) electrons. The quantitative estimate of drug-likeness (QED) is 0.639. The lowest BCUT2D eigenvalue weighted by Gasteiger charge is -2.18. The zero-order valence-corrected chi connectivity index (χ0v) is 17.6. The lowest BCUT2D eigenvalue weighted by molar-refractivity contribution is 0.0950. The van der Waals surface area contributed by atoms with Gasteiger partial charge in [-0.15, -0.1) is 0 Å². The van der Waals surface area contributed by atoms with Gasteiger partial charge in [0, 0.05) is 25.2 Å². The normalized spacial score (nSPS) is 11.6. The van der Waals surface area contributed by atoms with Crippen LogP contribution in [0.3, 0.4) is 0 Å². The molecule has 0 aromatic heterocycles. The summed E-state index contributed by atoms with van der Waals surface area (Å²) in [7, 11) is -3.59. The van der Waals surface area contributed by atoms with Gasteiger partial charge in [0.1, 0.15) is 0 Å². The molecule has 0 saturated heterocycles. The molecular weight excluding hydrogens is 374 g/mol. The molecule has 1 amide bonds. The van der Waals surface area contributed by atoms with E-state index in [0.717, 1.165) is 25.2 Å². The second kappa shape index (κ2) is 10.4. The largest absolute Gasteiger partial charge is 0.348 e. The Hall–Kier alpha value is -2.22. The Morgan fingerprint density at radius 1 is 0.964 bits per heavy atom. The molecule has 28 heavy (non-hydrogen) atoms. The average molecular weight is 404 g/mol. The number of carbonyl (C=O) groups is 1. The third kappa shape index (κ3) is 6.15. The number of nitrogens with zero attached hydrogens (tertiary/aromatic N) is 1. The summed E-state index contributed by atoms with van der Waals surface area (Å²) in [5, 5.41) is 2.84. The molecule has 0 aliphatic carbocycles. The first kappa shape index (κ1) is 22.1. The standard InChI is InChI=1S/C21H29N3O3S/c1-4-23-28(26,27)20-9-7-8-19(14-20)21(25)22-15-17-10-12-18(13-11-17)16-24(5-2)6-3/h7-14,23H,4-6,15-16H2,1-3H3,(H,22,25). The van der Waals surface area contributed by atoms with Crippen LogP contribution in [-0.2, 0) is 23.1 Å². The van der Waals surface area contributed by atoms with Crippen LogP contribution in [0.4, 0.5) is 0 Å². The van der Waals surface area contributed by atoms with E-state index in [1.165, 1.54) is 17.7 Å². The van der Waals surface area contributed by atoms with Gasteiger partial charge in [0.05, 0.1) is 4.90 Å². The van der Waals surface area contributed by atoms with Crippen LogP contribution in [0.5, 0.6) is 0 Å². The van der Waals surface area contributed by atoms with Crippen molar-refractivity contribution in [1.82, 2.24) is 14.9 Å². The summed E-state index contributed by atoms with van der Waals surface area (Å²) in [5.41, 5.74) is 2.55. The average Bonchev–Trinajstić information content (AvgIpc) is 2.71. The number of rotatable bonds is 10. The number of carbonyl (C=O) groups excluding carboxylic acids is 1. The van der Waals surface area contributed by atoms with E-state index in [-0.39, 0.29) is 10.8 Å². The molecule has 2 rings (SSSR count). The summed E-state index contributed by atoms with van der Waals surface area (Å²) in [6.07, 6.45) is 0. The predicted molar refractivity (Wildman–Crippen MR) is 112 cm³/mol. The number of sulfonamides is 1. The Morgan fingerprint density at radius 2 is 1.61 bits per heavy atom. The van der Waals surface area contributed by atoms with Crippen molar-refractivity contribution in [3.8, 4) is 0 Å². The number of nitrogens with one attached hydrogen (secondary N) is 2. The molecule has 0 spiro atoms. The fraction of sp³-hybridized carbons (Fsp3) is 0.381. The molecule has 0 saturated carbocycles. The molecule has 2 aromatic carbocycles. The Bertz CT molecular complexity index is 876. The van der Waals surface area contributed by atoms with E-state index in [9.17, 15) is 13.2 Å². The molecular formula is C21H29N3O3S. The van der Waals surface area contributed by atoms with Gasteiger partial charge >= 0.3 is 0 Å². The highest BCUT2D eigenvalue weighted by Crippen LogP contribution is 2.12. The van der Waals surface area contributed by atoms with Crippen LogP contribution < -0.4 is 10.0 Å². The van der Waals surface area contributed by atoms with Crippen molar-refractivity contribution in [2.75, 3.05) is 19.6 Å². The number of hydrogen-bond acceptors (Lipinski definition) is 4. The molecule has 2 aromatic rings. The highest BCUT2D eigenvalue weighted by molar-refractivity contribution is 7.89. The van der Waals surface area contributed by atoms with Crippen molar-refractivity contribution in [2.24, 2.45) is 0 Å². The minimum atomic E-state index is -3.59. The second-order valence-corrected chi connectivity index (χ2v) is 8.26. The molecule has 152 valence electrons. The van der Waals surface area contributed by atoms with Gasteiger partial charge in [-0.25, -0.2) is 13.1 Å². The monoisotopic (exact) mass is 403 g/mol. The summed E-state index contributed by atoms with van der Waals surface area (Å²) >= 11 is 0. The van der Waals surface area contributed by atoms with Crippen LogP contribution in [-0.4, -0.2) is 38.9 Å². The third-order valence-electron chi connectivity index (χ3n) is 4.52. The van der Waals surface area contributed by atoms with E-state index in [0.29, 0.717) is 18.7 Å². The fourth-order valence-corrected chi connectivity index (χ4v) is 3.92. The van der Waals surface area contributed by atoms with Gasteiger partial charge in [0.15, 0.2) is 0 Å². The highest BCUT2D eigenvalue weighted by atomic mass is 32.2. The minimum absolute atomic E-state index is 0.0859. The predicted octanol–water partition coefficient (Wildman–Crippen LogP) is 2.76. The van der Waals surface area contributed by atoms with Crippen LogP contribution >= 0.6 is 0 Å². The van der Waals surface area contributed by atoms with E-state index < -0.39 is 10.0 Å². The molecule has 0 atom stereocenters. The van der Waals surface area contributed by atoms with E-state index in [1.807, 2.05) is 12.1 Å². The third-order valence-corrected chi connectivity index (χ3v) is 6.06. The Morgan fingerprint density at radius 3 is 2.21 bits per heavy atom. The van der Waals surface area contributed by atoms with Gasteiger partial charge < -0.3 is 5.32 Å². The van der Waals surface area contributed by atoms with Crippen molar-refractivity contribution in [3.63, 3.8) is 0 Å². The van der Waals surface area contributed by atoms with Crippen LogP contribution in [0.25, 0.3) is 0 Å². The van der Waals surface area contributed by atoms with Crippen molar-refractivity contribution in [2.45, 2.75) is 38.8 Å². The molecule has 6 nitrogen and oxygen atoms in total. The van der Waals surface area contributed by atoms with Gasteiger partial charge in [-0.2, -0.15) is 0 Å². The molecule has 0 aliphatic rings. The van der Waals surface area contributed by atoms with Gasteiger partial charge in [0.2, 0.25) is 10.0 Å². The highest BCUT2D eigenvalue weighted by Gasteiger charge is 2.15. The zero-order valence-electron chi connectivity index (χ0n) is 16.7. The summed E-state index contributed by atoms with van der Waals surface area (Å²) in [4.78, 5) is 14.8. The number of benzene rings is 2. The number of amides is 1. The molecule has 2 N–H and O–H groups in total. The number of hydrogen-bond donors (Lipinski definition) is 2. The topological polar surface area (TPSA) is 78.5 Å². The SMILES string of the molecule is CCNS(=O)(=O)c1cccc(C(=O)NCc2ccc(CN(CC)CC)cc2)c1. The summed E-state index contributed by atoms with van der Waals surface area (Å²) in [6, 6.07) is 14.2. The second-order valence-electron chi connectivity index (χ2n) is 6.49.